The fourth-order valence-electron chi connectivity index (χ4n) is 7.10. The molecule has 0 radical (unpaired) electrons. The summed E-state index contributed by atoms with van der Waals surface area (Å²) in [6.07, 6.45) is 10.1. The number of carbonyl (C=O) groups excluding carboxylic acids is 2. The molecule has 3 atom stereocenters. The zero-order valence-corrected chi connectivity index (χ0v) is 24.2. The van der Waals surface area contributed by atoms with Gasteiger partial charge in [-0.3, -0.25) is 9.59 Å². The quantitative estimate of drug-likeness (QED) is 0.472. The summed E-state index contributed by atoms with van der Waals surface area (Å²) in [6, 6.07) is 4.50. The lowest BCUT2D eigenvalue weighted by atomic mass is 9.91. The number of hydrogen-bond acceptors (Lipinski definition) is 4. The average molecular weight is 527 g/mol. The molecule has 5 rings (SSSR count). The number of piperidine rings is 1. The largest absolute Gasteiger partial charge is 0.351 e. The van der Waals surface area contributed by atoms with E-state index in [-0.39, 0.29) is 17.9 Å². The average Bonchev–Trinajstić information content (AvgIpc) is 3.29. The molecule has 1 saturated heterocycles. The minimum absolute atomic E-state index is 0.00611. The minimum atomic E-state index is -0.890. The molecule has 7 heteroatoms. The maximum atomic E-state index is 14.0. The molecular weight excluding hydrogens is 480 g/mol. The molecule has 0 bridgehead atoms. The predicted molar refractivity (Wildman–Crippen MR) is 152 cm³/mol. The zero-order valence-electron chi connectivity index (χ0n) is 23.4. The van der Waals surface area contributed by atoms with Crippen LogP contribution in [0, 0.1) is 11.8 Å². The fourth-order valence-corrected chi connectivity index (χ4v) is 8.15. The molecule has 2 aromatic rings. The lowest BCUT2D eigenvalue weighted by Crippen LogP contribution is -2.65. The van der Waals surface area contributed by atoms with E-state index in [1.54, 1.807) is 11.3 Å². The molecule has 2 aliphatic heterocycles. The van der Waals surface area contributed by atoms with E-state index in [1.807, 2.05) is 11.8 Å². The van der Waals surface area contributed by atoms with E-state index >= 15 is 0 Å². The van der Waals surface area contributed by atoms with Crippen molar-refractivity contribution in [1.82, 2.24) is 19.7 Å². The van der Waals surface area contributed by atoms with Crippen molar-refractivity contribution in [2.75, 3.05) is 26.2 Å². The first kappa shape index (κ1) is 26.7. The number of fused-ring (bicyclic) bond motifs is 3. The van der Waals surface area contributed by atoms with Gasteiger partial charge < -0.3 is 19.7 Å². The zero-order chi connectivity index (χ0) is 26.2. The highest BCUT2D eigenvalue weighted by Gasteiger charge is 2.48. The number of aromatic nitrogens is 1. The molecular formula is C30H46N4O2S. The SMILES string of the molecule is CCc1cc2c(cc3n2C[C@](C)(C(=O)NC2CCCCCC2)N(CCCN2C[C@@H](C)C[C@H](C)C2)C3=O)s1. The van der Waals surface area contributed by atoms with E-state index in [0.29, 0.717) is 13.1 Å². The third-order valence-corrected chi connectivity index (χ3v) is 10.2. The summed E-state index contributed by atoms with van der Waals surface area (Å²) in [5.74, 6) is 1.47. The monoisotopic (exact) mass is 526 g/mol. The Bertz CT molecular complexity index is 1100. The van der Waals surface area contributed by atoms with E-state index < -0.39 is 5.54 Å². The molecule has 4 heterocycles. The molecule has 2 aromatic heterocycles. The Morgan fingerprint density at radius 3 is 2.46 bits per heavy atom. The molecule has 0 unspecified atom stereocenters. The Hall–Kier alpha value is -1.86. The number of carbonyl (C=O) groups is 2. The van der Waals surface area contributed by atoms with Crippen LogP contribution in [0.4, 0.5) is 0 Å². The van der Waals surface area contributed by atoms with Crippen LogP contribution >= 0.6 is 11.3 Å². The standard InChI is InChI=1S/C30H46N4O2S/c1-5-24-16-25-27(37-24)17-26-28(35)34(14-10-13-32-18-21(2)15-22(3)19-32)30(4,20-33(25)26)29(36)31-23-11-8-6-7-9-12-23/h16-17,21-23H,5-15,18-20H2,1-4H3,(H,31,36)/t21-,22-,30+/m0/s1. The summed E-state index contributed by atoms with van der Waals surface area (Å²) in [5.41, 5.74) is 0.956. The summed E-state index contributed by atoms with van der Waals surface area (Å²) in [4.78, 5) is 33.8. The van der Waals surface area contributed by atoms with E-state index in [1.165, 1.54) is 37.0 Å². The van der Waals surface area contributed by atoms with E-state index in [2.05, 4.69) is 47.7 Å². The first-order valence-electron chi connectivity index (χ1n) is 14.8. The number of nitrogens with zero attached hydrogens (tertiary/aromatic N) is 3. The van der Waals surface area contributed by atoms with Gasteiger partial charge in [-0.15, -0.1) is 11.3 Å². The van der Waals surface area contributed by atoms with Crippen LogP contribution in [0.3, 0.4) is 0 Å². The van der Waals surface area contributed by atoms with Crippen LogP contribution in [0.2, 0.25) is 0 Å². The molecule has 0 aromatic carbocycles. The second-order valence-electron chi connectivity index (χ2n) is 12.4. The van der Waals surface area contributed by atoms with Crippen molar-refractivity contribution in [1.29, 1.82) is 0 Å². The van der Waals surface area contributed by atoms with Gasteiger partial charge in [0.05, 0.1) is 16.8 Å². The topological polar surface area (TPSA) is 57.6 Å². The van der Waals surface area contributed by atoms with Crippen molar-refractivity contribution in [3.63, 3.8) is 0 Å². The van der Waals surface area contributed by atoms with Crippen molar-refractivity contribution < 1.29 is 9.59 Å². The van der Waals surface area contributed by atoms with Crippen LogP contribution < -0.4 is 5.32 Å². The molecule has 0 spiro atoms. The van der Waals surface area contributed by atoms with Crippen LogP contribution in [0.25, 0.3) is 10.2 Å². The minimum Gasteiger partial charge on any atom is -0.351 e. The molecule has 3 aliphatic rings. The Morgan fingerprint density at radius 1 is 1.08 bits per heavy atom. The molecule has 204 valence electrons. The predicted octanol–water partition coefficient (Wildman–Crippen LogP) is 5.69. The maximum Gasteiger partial charge on any atom is 0.271 e. The van der Waals surface area contributed by atoms with Gasteiger partial charge in [-0.05, 0) is 69.5 Å². The third-order valence-electron chi connectivity index (χ3n) is 9.00. The number of likely N-dealkylation sites (tertiary alicyclic amines) is 1. The van der Waals surface area contributed by atoms with Crippen molar-refractivity contribution in [3.8, 4) is 0 Å². The molecule has 1 saturated carbocycles. The fraction of sp³-hybridized carbons (Fsp3) is 0.733. The normalized spacial score (nSPS) is 27.9. The number of rotatable bonds is 7. The van der Waals surface area contributed by atoms with Gasteiger partial charge in [0.2, 0.25) is 5.91 Å². The lowest BCUT2D eigenvalue weighted by Gasteiger charge is -2.45. The molecule has 6 nitrogen and oxygen atoms in total. The van der Waals surface area contributed by atoms with Crippen LogP contribution in [-0.4, -0.2) is 63.9 Å². The third kappa shape index (κ3) is 5.49. The van der Waals surface area contributed by atoms with Gasteiger partial charge in [0.1, 0.15) is 11.2 Å². The summed E-state index contributed by atoms with van der Waals surface area (Å²) in [6.45, 7) is 13.2. The lowest BCUT2D eigenvalue weighted by molar-refractivity contribution is -0.133. The second kappa shape index (κ2) is 11.1. The van der Waals surface area contributed by atoms with Crippen molar-refractivity contribution in [3.05, 3.63) is 22.7 Å². The second-order valence-corrected chi connectivity index (χ2v) is 13.6. The molecule has 2 fully saturated rings. The highest BCUT2D eigenvalue weighted by molar-refractivity contribution is 7.19. The summed E-state index contributed by atoms with van der Waals surface area (Å²) in [5, 5.41) is 3.40. The van der Waals surface area contributed by atoms with Gasteiger partial charge in [0.15, 0.2) is 0 Å². The number of amides is 2. The number of thiophene rings is 1. The van der Waals surface area contributed by atoms with Crippen molar-refractivity contribution in [2.45, 2.75) is 104 Å². The van der Waals surface area contributed by atoms with Gasteiger partial charge in [-0.25, -0.2) is 0 Å². The summed E-state index contributed by atoms with van der Waals surface area (Å²) < 4.78 is 3.29. The first-order chi connectivity index (χ1) is 17.8. The maximum absolute atomic E-state index is 14.0. The molecule has 2 amide bonds. The van der Waals surface area contributed by atoms with Crippen LogP contribution in [0.5, 0.6) is 0 Å². The molecule has 1 N–H and O–H groups in total. The number of hydrogen-bond donors (Lipinski definition) is 1. The molecule has 1 aliphatic carbocycles. The van der Waals surface area contributed by atoms with Crippen LogP contribution in [0.15, 0.2) is 12.1 Å². The van der Waals surface area contributed by atoms with E-state index in [0.717, 1.165) is 73.1 Å². The first-order valence-corrected chi connectivity index (χ1v) is 15.6. The Morgan fingerprint density at radius 2 is 1.78 bits per heavy atom. The van der Waals surface area contributed by atoms with Gasteiger partial charge in [0.25, 0.3) is 5.91 Å². The van der Waals surface area contributed by atoms with Crippen LogP contribution in [-0.2, 0) is 17.8 Å². The summed E-state index contributed by atoms with van der Waals surface area (Å²) in [7, 11) is 0. The van der Waals surface area contributed by atoms with Crippen molar-refractivity contribution >= 4 is 33.4 Å². The van der Waals surface area contributed by atoms with Crippen LogP contribution in [0.1, 0.15) is 94.4 Å². The van der Waals surface area contributed by atoms with Gasteiger partial charge in [-0.2, -0.15) is 0 Å². The summed E-state index contributed by atoms with van der Waals surface area (Å²) >= 11 is 1.77. The smallest absolute Gasteiger partial charge is 0.271 e. The van der Waals surface area contributed by atoms with Gasteiger partial charge >= 0.3 is 0 Å². The highest BCUT2D eigenvalue weighted by atomic mass is 32.1. The van der Waals surface area contributed by atoms with Crippen molar-refractivity contribution in [2.24, 2.45) is 11.8 Å². The molecule has 37 heavy (non-hydrogen) atoms. The Kier molecular flexibility index (Phi) is 8.02. The van der Waals surface area contributed by atoms with Gasteiger partial charge in [0, 0.05) is 30.6 Å². The number of nitrogens with one attached hydrogen (secondary N) is 1. The van der Waals surface area contributed by atoms with Gasteiger partial charge in [-0.1, -0.05) is 46.5 Å². The van der Waals surface area contributed by atoms with E-state index in [9.17, 15) is 9.59 Å². The van der Waals surface area contributed by atoms with E-state index in [4.69, 9.17) is 0 Å². The highest BCUT2D eigenvalue weighted by Crippen LogP contribution is 2.36. The Balaban J connectivity index is 1.39. The number of aryl methyl sites for hydroxylation is 1. The Labute approximate surface area is 226 Å².